The number of Topliss-reactive ketones (excluding diaryl/α,β-unsaturated/α-hetero) is 1. The fourth-order valence-electron chi connectivity index (χ4n) is 2.23. The number of ketones is 1. The van der Waals surface area contributed by atoms with Crippen molar-refractivity contribution in [3.8, 4) is 0 Å². The van der Waals surface area contributed by atoms with Crippen molar-refractivity contribution in [2.24, 2.45) is 0 Å². The minimum atomic E-state index is -1.16. The van der Waals surface area contributed by atoms with E-state index in [4.69, 9.17) is 0 Å². The molecule has 0 aliphatic heterocycles. The van der Waals surface area contributed by atoms with Crippen molar-refractivity contribution < 1.29 is 9.90 Å². The van der Waals surface area contributed by atoms with Crippen LogP contribution in [0.2, 0.25) is 0 Å². The molecule has 0 fully saturated rings. The maximum absolute atomic E-state index is 12.3. The van der Waals surface area contributed by atoms with Crippen LogP contribution >= 0.6 is 15.9 Å². The van der Waals surface area contributed by atoms with Crippen LogP contribution in [0, 0.1) is 0 Å². The molecule has 3 rings (SSSR count). The molecule has 4 heteroatoms. The molecule has 1 atom stereocenters. The van der Waals surface area contributed by atoms with Crippen LogP contribution in [0.1, 0.15) is 22.0 Å². The second-order valence-electron chi connectivity index (χ2n) is 4.56. The zero-order valence-electron chi connectivity index (χ0n) is 10.5. The summed E-state index contributed by atoms with van der Waals surface area (Å²) >= 11 is 3.32. The lowest BCUT2D eigenvalue weighted by molar-refractivity contribution is 0.0750. The quantitative estimate of drug-likeness (QED) is 0.717. The van der Waals surface area contributed by atoms with E-state index in [9.17, 15) is 9.90 Å². The zero-order chi connectivity index (χ0) is 14.1. The molecule has 0 saturated heterocycles. The van der Waals surface area contributed by atoms with Gasteiger partial charge in [-0.05, 0) is 18.2 Å². The maximum Gasteiger partial charge on any atom is 0.195 e. The van der Waals surface area contributed by atoms with E-state index >= 15 is 0 Å². The topological polar surface area (TPSA) is 53.1 Å². The van der Waals surface area contributed by atoms with Crippen LogP contribution in [0.25, 0.3) is 10.9 Å². The number of aromatic amines is 1. The van der Waals surface area contributed by atoms with E-state index in [1.54, 1.807) is 30.5 Å². The highest BCUT2D eigenvalue weighted by molar-refractivity contribution is 9.10. The van der Waals surface area contributed by atoms with Gasteiger partial charge >= 0.3 is 0 Å². The molecule has 2 N–H and O–H groups in total. The number of nitrogens with one attached hydrogen (secondary N) is 1. The van der Waals surface area contributed by atoms with Crippen molar-refractivity contribution in [1.29, 1.82) is 0 Å². The molecule has 2 aromatic carbocycles. The summed E-state index contributed by atoms with van der Waals surface area (Å²) < 4.78 is 0.899. The number of hydrogen-bond acceptors (Lipinski definition) is 2. The predicted octanol–water partition coefficient (Wildman–Crippen LogP) is 3.85. The van der Waals surface area contributed by atoms with Gasteiger partial charge in [-0.2, -0.15) is 0 Å². The molecule has 3 aromatic rings. The Morgan fingerprint density at radius 3 is 2.55 bits per heavy atom. The van der Waals surface area contributed by atoms with Gasteiger partial charge in [-0.15, -0.1) is 0 Å². The Morgan fingerprint density at radius 1 is 1.10 bits per heavy atom. The molecule has 0 amide bonds. The maximum atomic E-state index is 12.3. The first-order chi connectivity index (χ1) is 9.66. The number of H-pyrrole nitrogens is 1. The lowest BCUT2D eigenvalue weighted by Crippen LogP contribution is -2.11. The number of hydrogen-bond donors (Lipinski definition) is 2. The summed E-state index contributed by atoms with van der Waals surface area (Å²) in [6.45, 7) is 0. The SMILES string of the molecule is O=C(c1ccc(Br)cc1)C(O)c1c[nH]c2ccccc12. The molecule has 0 spiro atoms. The van der Waals surface area contributed by atoms with Crippen LogP contribution in [-0.2, 0) is 0 Å². The average Bonchev–Trinajstić information content (AvgIpc) is 2.90. The summed E-state index contributed by atoms with van der Waals surface area (Å²) in [5.41, 5.74) is 2.00. The third-order valence-corrected chi connectivity index (χ3v) is 3.82. The minimum absolute atomic E-state index is 0.303. The number of aliphatic hydroxyl groups excluding tert-OH is 1. The number of halogens is 1. The number of fused-ring (bicyclic) bond motifs is 1. The first-order valence-corrected chi connectivity index (χ1v) is 7.00. The highest BCUT2D eigenvalue weighted by atomic mass is 79.9. The molecule has 0 radical (unpaired) electrons. The summed E-state index contributed by atoms with van der Waals surface area (Å²) in [4.78, 5) is 15.4. The first kappa shape index (κ1) is 13.1. The van der Waals surface area contributed by atoms with Gasteiger partial charge in [-0.3, -0.25) is 4.79 Å². The van der Waals surface area contributed by atoms with Gasteiger partial charge in [0.15, 0.2) is 5.78 Å². The van der Waals surface area contributed by atoms with Crippen molar-refractivity contribution in [3.05, 3.63) is 70.3 Å². The van der Waals surface area contributed by atoms with Gasteiger partial charge in [0.1, 0.15) is 6.10 Å². The summed E-state index contributed by atoms with van der Waals surface area (Å²) in [6, 6.07) is 14.6. The molecular formula is C16H12BrNO2. The van der Waals surface area contributed by atoms with E-state index < -0.39 is 6.10 Å². The number of aliphatic hydroxyl groups is 1. The summed E-state index contributed by atoms with van der Waals surface area (Å²) in [5, 5.41) is 11.2. The molecule has 20 heavy (non-hydrogen) atoms. The molecule has 1 aromatic heterocycles. The van der Waals surface area contributed by atoms with E-state index in [-0.39, 0.29) is 5.78 Å². The molecule has 3 nitrogen and oxygen atoms in total. The van der Waals surface area contributed by atoms with Gasteiger partial charge in [0.2, 0.25) is 0 Å². The molecule has 0 aliphatic carbocycles. The molecule has 0 bridgehead atoms. The predicted molar refractivity (Wildman–Crippen MR) is 81.7 cm³/mol. The van der Waals surface area contributed by atoms with Gasteiger partial charge in [0.05, 0.1) is 0 Å². The minimum Gasteiger partial charge on any atom is -0.380 e. The number of aromatic nitrogens is 1. The van der Waals surface area contributed by atoms with Crippen molar-refractivity contribution >= 4 is 32.6 Å². The van der Waals surface area contributed by atoms with Gasteiger partial charge in [-0.25, -0.2) is 0 Å². The Morgan fingerprint density at radius 2 is 1.80 bits per heavy atom. The Hall–Kier alpha value is -1.91. The average molecular weight is 330 g/mol. The van der Waals surface area contributed by atoms with Crippen molar-refractivity contribution in [3.63, 3.8) is 0 Å². The number of benzene rings is 2. The lowest BCUT2D eigenvalue weighted by atomic mass is 9.99. The van der Waals surface area contributed by atoms with Gasteiger partial charge in [0.25, 0.3) is 0 Å². The fraction of sp³-hybridized carbons (Fsp3) is 0.0625. The van der Waals surface area contributed by atoms with Crippen LogP contribution in [0.4, 0.5) is 0 Å². The van der Waals surface area contributed by atoms with Crippen molar-refractivity contribution in [2.75, 3.05) is 0 Å². The smallest absolute Gasteiger partial charge is 0.195 e. The Bertz CT molecular complexity index is 762. The normalized spacial score (nSPS) is 12.5. The number of carbonyl (C=O) groups excluding carboxylic acids is 1. The summed E-state index contributed by atoms with van der Waals surface area (Å²) in [7, 11) is 0. The third-order valence-electron chi connectivity index (χ3n) is 3.29. The van der Waals surface area contributed by atoms with Crippen molar-refractivity contribution in [2.45, 2.75) is 6.10 Å². The molecule has 100 valence electrons. The summed E-state index contributed by atoms with van der Waals surface area (Å²) in [6.07, 6.45) is 0.527. The highest BCUT2D eigenvalue weighted by Crippen LogP contribution is 2.26. The second-order valence-corrected chi connectivity index (χ2v) is 5.48. The Balaban J connectivity index is 1.97. The molecular weight excluding hydrogens is 318 g/mol. The zero-order valence-corrected chi connectivity index (χ0v) is 12.1. The number of rotatable bonds is 3. The standard InChI is InChI=1S/C16H12BrNO2/c17-11-7-5-10(6-8-11)15(19)16(20)13-9-18-14-4-2-1-3-12(13)14/h1-9,16,18,20H. The lowest BCUT2D eigenvalue weighted by Gasteiger charge is -2.09. The monoisotopic (exact) mass is 329 g/mol. The van der Waals surface area contributed by atoms with Crippen LogP contribution in [0.15, 0.2) is 59.2 Å². The largest absolute Gasteiger partial charge is 0.380 e. The molecule has 1 heterocycles. The van der Waals surface area contributed by atoms with Crippen LogP contribution in [0.5, 0.6) is 0 Å². The molecule has 0 aliphatic rings. The first-order valence-electron chi connectivity index (χ1n) is 6.20. The highest BCUT2D eigenvalue weighted by Gasteiger charge is 2.21. The molecule has 0 saturated carbocycles. The van der Waals surface area contributed by atoms with E-state index in [0.717, 1.165) is 15.4 Å². The Kier molecular flexibility index (Phi) is 3.42. The number of carbonyl (C=O) groups is 1. The fourth-order valence-corrected chi connectivity index (χ4v) is 2.50. The van der Waals surface area contributed by atoms with E-state index in [0.29, 0.717) is 11.1 Å². The molecule has 1 unspecified atom stereocenters. The summed E-state index contributed by atoms with van der Waals surface area (Å²) in [5.74, 6) is -0.303. The Labute approximate surface area is 124 Å². The van der Waals surface area contributed by atoms with Crippen LogP contribution < -0.4 is 0 Å². The third kappa shape index (κ3) is 2.28. The van der Waals surface area contributed by atoms with E-state index in [2.05, 4.69) is 20.9 Å². The van der Waals surface area contributed by atoms with E-state index in [1.165, 1.54) is 0 Å². The van der Waals surface area contributed by atoms with Crippen LogP contribution in [0.3, 0.4) is 0 Å². The van der Waals surface area contributed by atoms with E-state index in [1.807, 2.05) is 24.3 Å². The second kappa shape index (κ2) is 5.23. The van der Waals surface area contributed by atoms with Gasteiger partial charge in [-0.1, -0.05) is 46.3 Å². The van der Waals surface area contributed by atoms with Crippen LogP contribution in [-0.4, -0.2) is 15.9 Å². The van der Waals surface area contributed by atoms with Crippen molar-refractivity contribution in [1.82, 2.24) is 4.98 Å². The van der Waals surface area contributed by atoms with Gasteiger partial charge in [0, 0.05) is 32.7 Å². The number of para-hydroxylation sites is 1. The van der Waals surface area contributed by atoms with Gasteiger partial charge < -0.3 is 10.1 Å².